The van der Waals surface area contributed by atoms with Crippen molar-refractivity contribution in [2.24, 2.45) is 5.92 Å². The lowest BCUT2D eigenvalue weighted by Gasteiger charge is -2.31. The van der Waals surface area contributed by atoms with Gasteiger partial charge in [-0.3, -0.25) is 14.5 Å². The molecule has 8 heteroatoms. The number of carbonyl (C=O) groups excluding carboxylic acids is 3. The van der Waals surface area contributed by atoms with Gasteiger partial charge in [-0.15, -0.1) is 0 Å². The summed E-state index contributed by atoms with van der Waals surface area (Å²) in [5, 5.41) is 0. The van der Waals surface area contributed by atoms with Crippen molar-refractivity contribution in [1.82, 2.24) is 0 Å². The normalized spacial score (nSPS) is 12.8. The van der Waals surface area contributed by atoms with Crippen LogP contribution in [-0.2, 0) is 23.8 Å². The molecule has 0 bridgehead atoms. The van der Waals surface area contributed by atoms with Crippen molar-refractivity contribution >= 4 is 23.7 Å². The lowest BCUT2D eigenvalue weighted by molar-refractivity contribution is -0.163. The van der Waals surface area contributed by atoms with Crippen molar-refractivity contribution in [2.45, 2.75) is 52.1 Å². The number of rotatable bonds is 12. The summed E-state index contributed by atoms with van der Waals surface area (Å²) in [5.74, 6) is -3.28. The molecule has 228 valence electrons. The van der Waals surface area contributed by atoms with Crippen LogP contribution in [0.25, 0.3) is 0 Å². The van der Waals surface area contributed by atoms with Crippen LogP contribution in [-0.4, -0.2) is 44.0 Å². The average Bonchev–Trinajstić information content (AvgIpc) is 2.99. The summed E-state index contributed by atoms with van der Waals surface area (Å²) < 4.78 is 21.9. The molecular formula is C35H41NO7. The minimum Gasteiger partial charge on any atom is -0.497 e. The van der Waals surface area contributed by atoms with Crippen molar-refractivity contribution < 1.29 is 33.3 Å². The SMILES string of the molecule is CCOC(=O)C(C(=O)OCC)[C@H](c1ccccc1)[C@@H](/C=C\N(C(=O)OC(C)(C)C)c1ccc(OC)cc1)c1ccccc1. The van der Waals surface area contributed by atoms with Gasteiger partial charge in [-0.05, 0) is 70.0 Å². The molecule has 0 unspecified atom stereocenters. The fourth-order valence-electron chi connectivity index (χ4n) is 4.73. The van der Waals surface area contributed by atoms with E-state index in [0.29, 0.717) is 11.4 Å². The molecule has 0 aliphatic carbocycles. The Morgan fingerprint density at radius 1 is 0.767 bits per heavy atom. The Morgan fingerprint density at radius 3 is 1.74 bits per heavy atom. The van der Waals surface area contributed by atoms with Gasteiger partial charge < -0.3 is 18.9 Å². The van der Waals surface area contributed by atoms with Gasteiger partial charge in [0, 0.05) is 18.0 Å². The van der Waals surface area contributed by atoms with E-state index in [1.807, 2.05) is 66.7 Å². The molecule has 1 amide bonds. The Labute approximate surface area is 254 Å². The van der Waals surface area contributed by atoms with Crippen LogP contribution in [0.15, 0.2) is 97.2 Å². The Hall–Kier alpha value is -4.59. The number of ether oxygens (including phenoxy) is 4. The number of anilines is 1. The first-order chi connectivity index (χ1) is 20.6. The smallest absolute Gasteiger partial charge is 0.418 e. The van der Waals surface area contributed by atoms with Gasteiger partial charge in [0.05, 0.1) is 26.0 Å². The van der Waals surface area contributed by atoms with E-state index in [0.717, 1.165) is 11.1 Å². The first kappa shape index (κ1) is 32.9. The molecule has 0 radical (unpaired) electrons. The number of esters is 2. The molecular weight excluding hydrogens is 546 g/mol. The molecule has 8 nitrogen and oxygen atoms in total. The second-order valence-electron chi connectivity index (χ2n) is 10.7. The van der Waals surface area contributed by atoms with Gasteiger partial charge in [0.25, 0.3) is 0 Å². The molecule has 0 saturated carbocycles. The summed E-state index contributed by atoms with van der Waals surface area (Å²) in [7, 11) is 1.57. The molecule has 3 aromatic rings. The van der Waals surface area contributed by atoms with Crippen LogP contribution in [0, 0.1) is 5.92 Å². The molecule has 0 spiro atoms. The number of carbonyl (C=O) groups is 3. The second-order valence-corrected chi connectivity index (χ2v) is 10.7. The lowest BCUT2D eigenvalue weighted by Crippen LogP contribution is -2.36. The summed E-state index contributed by atoms with van der Waals surface area (Å²) in [6.07, 6.45) is 2.84. The van der Waals surface area contributed by atoms with E-state index >= 15 is 0 Å². The summed E-state index contributed by atoms with van der Waals surface area (Å²) in [4.78, 5) is 41.8. The highest BCUT2D eigenvalue weighted by Gasteiger charge is 2.42. The van der Waals surface area contributed by atoms with E-state index in [-0.39, 0.29) is 13.2 Å². The lowest BCUT2D eigenvalue weighted by atomic mass is 9.73. The Kier molecular flexibility index (Phi) is 11.9. The maximum Gasteiger partial charge on any atom is 0.418 e. The van der Waals surface area contributed by atoms with Crippen molar-refractivity contribution in [2.75, 3.05) is 25.2 Å². The molecule has 2 atom stereocenters. The molecule has 0 aliphatic rings. The van der Waals surface area contributed by atoms with Gasteiger partial charge in [0.15, 0.2) is 5.92 Å². The first-order valence-electron chi connectivity index (χ1n) is 14.4. The fourth-order valence-corrected chi connectivity index (χ4v) is 4.73. The highest BCUT2D eigenvalue weighted by Crippen LogP contribution is 2.41. The predicted molar refractivity (Wildman–Crippen MR) is 166 cm³/mol. The largest absolute Gasteiger partial charge is 0.497 e. The third-order valence-electron chi connectivity index (χ3n) is 6.58. The highest BCUT2D eigenvalue weighted by atomic mass is 16.6. The summed E-state index contributed by atoms with van der Waals surface area (Å²) in [5.41, 5.74) is 1.35. The molecule has 43 heavy (non-hydrogen) atoms. The van der Waals surface area contributed by atoms with Gasteiger partial charge in [-0.1, -0.05) is 66.7 Å². The molecule has 0 fully saturated rings. The fraction of sp³-hybridized carbons (Fsp3) is 0.343. The highest BCUT2D eigenvalue weighted by molar-refractivity contribution is 5.96. The van der Waals surface area contributed by atoms with Crippen LogP contribution >= 0.6 is 0 Å². The number of allylic oxidation sites excluding steroid dienone is 1. The van der Waals surface area contributed by atoms with Crippen LogP contribution in [0.4, 0.5) is 10.5 Å². The number of hydrogen-bond acceptors (Lipinski definition) is 7. The third kappa shape index (κ3) is 9.20. The summed E-state index contributed by atoms with van der Waals surface area (Å²) in [6.45, 7) is 8.98. The van der Waals surface area contributed by atoms with E-state index in [2.05, 4.69) is 0 Å². The first-order valence-corrected chi connectivity index (χ1v) is 14.4. The molecule has 0 heterocycles. The topological polar surface area (TPSA) is 91.4 Å². The Morgan fingerprint density at radius 2 is 1.28 bits per heavy atom. The van der Waals surface area contributed by atoms with Crippen molar-refractivity contribution in [3.8, 4) is 5.75 Å². The van der Waals surface area contributed by atoms with Gasteiger partial charge in [0.2, 0.25) is 0 Å². The zero-order chi connectivity index (χ0) is 31.4. The zero-order valence-electron chi connectivity index (χ0n) is 25.7. The number of amides is 1. The zero-order valence-corrected chi connectivity index (χ0v) is 25.7. The van der Waals surface area contributed by atoms with Crippen molar-refractivity contribution in [3.63, 3.8) is 0 Å². The monoisotopic (exact) mass is 587 g/mol. The van der Waals surface area contributed by atoms with Gasteiger partial charge >= 0.3 is 18.0 Å². The molecule has 0 aromatic heterocycles. The van der Waals surface area contributed by atoms with Crippen molar-refractivity contribution in [1.29, 1.82) is 0 Å². The van der Waals surface area contributed by atoms with Crippen LogP contribution in [0.2, 0.25) is 0 Å². The summed E-state index contributed by atoms with van der Waals surface area (Å²) in [6, 6.07) is 25.8. The standard InChI is InChI=1S/C35H41NO7/c1-7-41-32(37)31(33(38)42-8-2)30(26-17-13-10-14-18-26)29(25-15-11-9-12-16-25)23-24-36(34(39)43-35(3,4)5)27-19-21-28(40-6)22-20-27/h9-24,29-31H,7-8H2,1-6H3/b24-23-/t29-,30+/m0/s1. The van der Waals surface area contributed by atoms with Gasteiger partial charge in [0.1, 0.15) is 11.4 Å². The molecule has 0 N–H and O–H groups in total. The third-order valence-corrected chi connectivity index (χ3v) is 6.58. The number of methoxy groups -OCH3 is 1. The van der Waals surface area contributed by atoms with Crippen LogP contribution < -0.4 is 9.64 Å². The maximum atomic E-state index is 13.5. The molecule has 3 aromatic carbocycles. The van der Waals surface area contributed by atoms with E-state index in [1.165, 1.54) is 4.90 Å². The molecule has 3 rings (SSSR count). The summed E-state index contributed by atoms with van der Waals surface area (Å²) >= 11 is 0. The van der Waals surface area contributed by atoms with Gasteiger partial charge in [-0.25, -0.2) is 4.79 Å². The minimum atomic E-state index is -1.27. The average molecular weight is 588 g/mol. The van der Waals surface area contributed by atoms with E-state index in [9.17, 15) is 14.4 Å². The number of benzene rings is 3. The van der Waals surface area contributed by atoms with Crippen LogP contribution in [0.5, 0.6) is 5.75 Å². The van der Waals surface area contributed by atoms with Gasteiger partial charge in [-0.2, -0.15) is 0 Å². The van der Waals surface area contributed by atoms with Crippen molar-refractivity contribution in [3.05, 3.63) is 108 Å². The Balaban J connectivity index is 2.23. The molecule has 0 saturated heterocycles. The predicted octanol–water partition coefficient (Wildman–Crippen LogP) is 7.26. The Bertz CT molecular complexity index is 1330. The number of nitrogens with zero attached hydrogens (tertiary/aromatic N) is 1. The number of hydrogen-bond donors (Lipinski definition) is 0. The van der Waals surface area contributed by atoms with E-state index < -0.39 is 41.4 Å². The van der Waals surface area contributed by atoms with Crippen LogP contribution in [0.3, 0.4) is 0 Å². The quantitative estimate of drug-likeness (QED) is 0.125. The molecule has 0 aliphatic heterocycles. The maximum absolute atomic E-state index is 13.5. The van der Waals surface area contributed by atoms with Crippen LogP contribution in [0.1, 0.15) is 57.6 Å². The van der Waals surface area contributed by atoms with E-state index in [1.54, 1.807) is 72.2 Å². The minimum absolute atomic E-state index is 0.103. The van der Waals surface area contributed by atoms with E-state index in [4.69, 9.17) is 18.9 Å². The second kappa shape index (κ2) is 15.6.